The first-order valence-corrected chi connectivity index (χ1v) is 7.76. The lowest BCUT2D eigenvalue weighted by Crippen LogP contribution is -2.32. The van der Waals surface area contributed by atoms with E-state index in [1.165, 1.54) is 16.7 Å². The standard InChI is InChI=1S/C15H19N3O2S/c1-4-16-13(19)9-12-14(20)18(3)15(21-12)17-11-8-6-5-7-10(11)2/h5-8,12H,4,9H2,1-3H3,(H,16,19)/t12-/m1/s1. The van der Waals surface area contributed by atoms with Crippen molar-refractivity contribution in [3.8, 4) is 0 Å². The van der Waals surface area contributed by atoms with Crippen LogP contribution >= 0.6 is 11.8 Å². The normalized spacial score (nSPS) is 20.1. The molecule has 0 bridgehead atoms. The molecule has 0 spiro atoms. The van der Waals surface area contributed by atoms with Crippen LogP contribution in [-0.2, 0) is 9.59 Å². The zero-order valence-corrected chi connectivity index (χ0v) is 13.2. The van der Waals surface area contributed by atoms with Crippen LogP contribution in [0.5, 0.6) is 0 Å². The van der Waals surface area contributed by atoms with Crippen molar-refractivity contribution in [1.82, 2.24) is 10.2 Å². The molecule has 0 saturated carbocycles. The van der Waals surface area contributed by atoms with Gasteiger partial charge in [-0.1, -0.05) is 30.0 Å². The number of amides is 2. The molecule has 0 aliphatic carbocycles. The van der Waals surface area contributed by atoms with E-state index in [1.807, 2.05) is 38.1 Å². The number of nitrogens with zero attached hydrogens (tertiary/aromatic N) is 2. The fourth-order valence-corrected chi connectivity index (χ4v) is 3.17. The van der Waals surface area contributed by atoms with Crippen LogP contribution in [0.1, 0.15) is 18.9 Å². The summed E-state index contributed by atoms with van der Waals surface area (Å²) in [6, 6.07) is 7.76. The van der Waals surface area contributed by atoms with Crippen LogP contribution in [0.2, 0.25) is 0 Å². The number of rotatable bonds is 4. The fraction of sp³-hybridized carbons (Fsp3) is 0.400. The zero-order valence-electron chi connectivity index (χ0n) is 12.4. The number of para-hydroxylation sites is 1. The minimum Gasteiger partial charge on any atom is -0.356 e. The van der Waals surface area contributed by atoms with Crippen LogP contribution in [0.3, 0.4) is 0 Å². The summed E-state index contributed by atoms with van der Waals surface area (Å²) in [5, 5.41) is 2.98. The van der Waals surface area contributed by atoms with Crippen LogP contribution in [0, 0.1) is 6.92 Å². The van der Waals surface area contributed by atoms with Crippen LogP contribution in [0.4, 0.5) is 5.69 Å². The third-order valence-electron chi connectivity index (χ3n) is 3.22. The number of thioether (sulfide) groups is 1. The highest BCUT2D eigenvalue weighted by Gasteiger charge is 2.36. The van der Waals surface area contributed by atoms with E-state index in [1.54, 1.807) is 7.05 Å². The van der Waals surface area contributed by atoms with Crippen molar-refractivity contribution in [2.45, 2.75) is 25.5 Å². The van der Waals surface area contributed by atoms with E-state index in [2.05, 4.69) is 10.3 Å². The first-order chi connectivity index (χ1) is 10.0. The monoisotopic (exact) mass is 305 g/mol. The van der Waals surface area contributed by atoms with Crippen molar-refractivity contribution in [3.05, 3.63) is 29.8 Å². The maximum Gasteiger partial charge on any atom is 0.242 e. The predicted octanol–water partition coefficient (Wildman–Crippen LogP) is 2.08. The van der Waals surface area contributed by atoms with Gasteiger partial charge in [-0.05, 0) is 25.5 Å². The molecular formula is C15H19N3O2S. The Hall–Kier alpha value is -1.82. The average Bonchev–Trinajstić information content (AvgIpc) is 2.70. The molecule has 1 fully saturated rings. The Morgan fingerprint density at radius 1 is 1.43 bits per heavy atom. The molecule has 1 atom stereocenters. The fourth-order valence-electron chi connectivity index (χ4n) is 2.03. The second-order valence-electron chi connectivity index (χ2n) is 4.84. The first-order valence-electron chi connectivity index (χ1n) is 6.88. The van der Waals surface area contributed by atoms with Crippen molar-refractivity contribution < 1.29 is 9.59 Å². The molecule has 1 saturated heterocycles. The minimum atomic E-state index is -0.385. The van der Waals surface area contributed by atoms with Crippen molar-refractivity contribution in [1.29, 1.82) is 0 Å². The summed E-state index contributed by atoms with van der Waals surface area (Å²) in [7, 11) is 1.70. The molecule has 0 radical (unpaired) electrons. The maximum atomic E-state index is 12.2. The van der Waals surface area contributed by atoms with Gasteiger partial charge in [0.25, 0.3) is 0 Å². The van der Waals surface area contributed by atoms with E-state index >= 15 is 0 Å². The molecule has 1 aliphatic rings. The zero-order chi connectivity index (χ0) is 15.4. The van der Waals surface area contributed by atoms with Gasteiger partial charge in [-0.2, -0.15) is 0 Å². The summed E-state index contributed by atoms with van der Waals surface area (Å²) in [6.45, 7) is 4.41. The summed E-state index contributed by atoms with van der Waals surface area (Å²) in [5.41, 5.74) is 1.90. The molecule has 1 N–H and O–H groups in total. The van der Waals surface area contributed by atoms with Crippen LogP contribution in [0.25, 0.3) is 0 Å². The molecule has 1 aliphatic heterocycles. The Labute approximate surface area is 128 Å². The van der Waals surface area contributed by atoms with Gasteiger partial charge in [0.05, 0.1) is 5.69 Å². The van der Waals surface area contributed by atoms with E-state index in [4.69, 9.17) is 0 Å². The number of benzene rings is 1. The molecule has 1 aromatic rings. The maximum absolute atomic E-state index is 12.2. The van der Waals surface area contributed by atoms with E-state index in [0.29, 0.717) is 11.7 Å². The van der Waals surface area contributed by atoms with Gasteiger partial charge in [-0.15, -0.1) is 0 Å². The topological polar surface area (TPSA) is 61.8 Å². The third-order valence-corrected chi connectivity index (χ3v) is 4.45. The highest BCUT2D eigenvalue weighted by atomic mass is 32.2. The van der Waals surface area contributed by atoms with E-state index < -0.39 is 0 Å². The molecule has 2 rings (SSSR count). The minimum absolute atomic E-state index is 0.0708. The number of nitrogens with one attached hydrogen (secondary N) is 1. The highest BCUT2D eigenvalue weighted by molar-refractivity contribution is 8.15. The van der Waals surface area contributed by atoms with Gasteiger partial charge in [0, 0.05) is 20.0 Å². The molecule has 112 valence electrons. The SMILES string of the molecule is CCNC(=O)C[C@H]1SC(=Nc2ccccc2C)N(C)C1=O. The Bertz CT molecular complexity index is 586. The Balaban J connectivity index is 2.15. The highest BCUT2D eigenvalue weighted by Crippen LogP contribution is 2.31. The summed E-state index contributed by atoms with van der Waals surface area (Å²) < 4.78 is 0. The third kappa shape index (κ3) is 3.64. The number of aryl methyl sites for hydroxylation is 1. The molecule has 6 heteroatoms. The molecule has 1 heterocycles. The molecular weight excluding hydrogens is 286 g/mol. The van der Waals surface area contributed by atoms with Gasteiger partial charge >= 0.3 is 0 Å². The lowest BCUT2D eigenvalue weighted by molar-refractivity contribution is -0.128. The lowest BCUT2D eigenvalue weighted by Gasteiger charge is -2.09. The van der Waals surface area contributed by atoms with Crippen LogP contribution < -0.4 is 5.32 Å². The number of carbonyl (C=O) groups is 2. The molecule has 0 aromatic heterocycles. The van der Waals surface area contributed by atoms with Crippen molar-refractivity contribution >= 4 is 34.4 Å². The lowest BCUT2D eigenvalue weighted by atomic mass is 10.2. The smallest absolute Gasteiger partial charge is 0.242 e. The van der Waals surface area contributed by atoms with Crippen LogP contribution in [0.15, 0.2) is 29.3 Å². The summed E-state index contributed by atoms with van der Waals surface area (Å²) in [6.07, 6.45) is 0.189. The Morgan fingerprint density at radius 2 is 2.14 bits per heavy atom. The largest absolute Gasteiger partial charge is 0.356 e. The Morgan fingerprint density at radius 3 is 2.81 bits per heavy atom. The number of aliphatic imine (C=N–C) groups is 1. The van der Waals surface area contributed by atoms with Crippen molar-refractivity contribution in [2.24, 2.45) is 4.99 Å². The van der Waals surface area contributed by atoms with E-state index in [0.717, 1.165) is 11.3 Å². The van der Waals surface area contributed by atoms with Gasteiger partial charge < -0.3 is 5.32 Å². The molecule has 0 unspecified atom stereocenters. The quantitative estimate of drug-likeness (QED) is 0.926. The summed E-state index contributed by atoms with van der Waals surface area (Å²) in [5.74, 6) is -0.174. The van der Waals surface area contributed by atoms with Gasteiger partial charge in [0.15, 0.2) is 5.17 Å². The van der Waals surface area contributed by atoms with Gasteiger partial charge in [0.2, 0.25) is 11.8 Å². The van der Waals surface area contributed by atoms with Crippen LogP contribution in [-0.4, -0.2) is 40.7 Å². The molecule has 21 heavy (non-hydrogen) atoms. The average molecular weight is 305 g/mol. The second-order valence-corrected chi connectivity index (χ2v) is 6.01. The summed E-state index contributed by atoms with van der Waals surface area (Å²) >= 11 is 1.35. The van der Waals surface area contributed by atoms with Gasteiger partial charge in [-0.3, -0.25) is 14.5 Å². The van der Waals surface area contributed by atoms with Crippen molar-refractivity contribution in [3.63, 3.8) is 0 Å². The van der Waals surface area contributed by atoms with Crippen molar-refractivity contribution in [2.75, 3.05) is 13.6 Å². The number of amidine groups is 1. The molecule has 1 aromatic carbocycles. The first kappa shape index (κ1) is 15.6. The van der Waals surface area contributed by atoms with E-state index in [9.17, 15) is 9.59 Å². The van der Waals surface area contributed by atoms with Gasteiger partial charge in [-0.25, -0.2) is 4.99 Å². The second kappa shape index (κ2) is 6.76. The molecule has 5 nitrogen and oxygen atoms in total. The van der Waals surface area contributed by atoms with E-state index in [-0.39, 0.29) is 23.5 Å². The molecule has 2 amide bonds. The number of carbonyl (C=O) groups excluding carboxylic acids is 2. The number of hydrogen-bond donors (Lipinski definition) is 1. The predicted molar refractivity (Wildman–Crippen MR) is 85.7 cm³/mol. The Kier molecular flexibility index (Phi) is 5.01. The van der Waals surface area contributed by atoms with Gasteiger partial charge in [0.1, 0.15) is 5.25 Å². The number of hydrogen-bond acceptors (Lipinski definition) is 4. The summed E-state index contributed by atoms with van der Waals surface area (Å²) in [4.78, 5) is 29.9.